The molecule has 2 aromatic rings. The molecule has 25 heavy (non-hydrogen) atoms. The quantitative estimate of drug-likeness (QED) is 0.783. The van der Waals surface area contributed by atoms with E-state index in [4.69, 9.17) is 14.2 Å². The van der Waals surface area contributed by atoms with Crippen LogP contribution in [0, 0.1) is 0 Å². The maximum absolute atomic E-state index is 12.2. The van der Waals surface area contributed by atoms with Crippen molar-refractivity contribution in [3.8, 4) is 11.5 Å². The molecule has 0 aromatic heterocycles. The molecule has 0 aliphatic heterocycles. The second-order valence-corrected chi connectivity index (χ2v) is 5.33. The van der Waals surface area contributed by atoms with Gasteiger partial charge in [0.05, 0.1) is 14.2 Å². The molecule has 0 fully saturated rings. The molecule has 2 aromatic carbocycles. The SMILES string of the molecule is COc1cc(OC)cc(C(=O)NCC(=O)O[C@@H](C)c2ccccc2)c1. The van der Waals surface area contributed by atoms with Crippen LogP contribution in [-0.2, 0) is 9.53 Å². The van der Waals surface area contributed by atoms with Crippen molar-refractivity contribution < 1.29 is 23.8 Å². The minimum Gasteiger partial charge on any atom is -0.497 e. The molecule has 6 heteroatoms. The number of nitrogens with one attached hydrogen (secondary N) is 1. The van der Waals surface area contributed by atoms with Crippen molar-refractivity contribution in [2.75, 3.05) is 20.8 Å². The Bertz CT molecular complexity index is 708. The predicted octanol–water partition coefficient (Wildman–Crippen LogP) is 2.74. The van der Waals surface area contributed by atoms with Crippen molar-refractivity contribution >= 4 is 11.9 Å². The highest BCUT2D eigenvalue weighted by Gasteiger charge is 2.14. The maximum Gasteiger partial charge on any atom is 0.326 e. The smallest absolute Gasteiger partial charge is 0.326 e. The Balaban J connectivity index is 1.92. The average molecular weight is 343 g/mol. The molecule has 0 radical (unpaired) electrons. The second kappa shape index (κ2) is 8.73. The van der Waals surface area contributed by atoms with Crippen molar-refractivity contribution in [3.63, 3.8) is 0 Å². The standard InChI is InChI=1S/C19H21NO5/c1-13(14-7-5-4-6-8-14)25-18(21)12-20-19(22)15-9-16(23-2)11-17(10-15)24-3/h4-11,13H,12H2,1-3H3,(H,20,22)/t13-/m0/s1. The first-order chi connectivity index (χ1) is 12.0. The van der Waals surface area contributed by atoms with Gasteiger partial charge in [-0.25, -0.2) is 0 Å². The summed E-state index contributed by atoms with van der Waals surface area (Å²) in [5, 5.41) is 2.53. The lowest BCUT2D eigenvalue weighted by Crippen LogP contribution is -2.31. The predicted molar refractivity (Wildman–Crippen MR) is 92.8 cm³/mol. The minimum absolute atomic E-state index is 0.227. The summed E-state index contributed by atoms with van der Waals surface area (Å²) in [4.78, 5) is 24.1. The number of hydrogen-bond donors (Lipinski definition) is 1. The summed E-state index contributed by atoms with van der Waals surface area (Å²) in [5.74, 6) is 0.0515. The van der Waals surface area contributed by atoms with E-state index in [0.29, 0.717) is 17.1 Å². The zero-order valence-corrected chi connectivity index (χ0v) is 14.4. The minimum atomic E-state index is -0.514. The molecule has 0 spiro atoms. The first kappa shape index (κ1) is 18.3. The zero-order chi connectivity index (χ0) is 18.2. The maximum atomic E-state index is 12.2. The van der Waals surface area contributed by atoms with Gasteiger partial charge in [0.2, 0.25) is 0 Å². The zero-order valence-electron chi connectivity index (χ0n) is 14.4. The van der Waals surface area contributed by atoms with Crippen LogP contribution in [0.4, 0.5) is 0 Å². The fourth-order valence-electron chi connectivity index (χ4n) is 2.22. The molecule has 1 atom stereocenters. The number of benzene rings is 2. The summed E-state index contributed by atoms with van der Waals surface area (Å²) >= 11 is 0. The third-order valence-corrected chi connectivity index (χ3v) is 3.58. The fraction of sp³-hybridized carbons (Fsp3) is 0.263. The lowest BCUT2D eigenvalue weighted by atomic mass is 10.1. The van der Waals surface area contributed by atoms with Gasteiger partial charge in [-0.2, -0.15) is 0 Å². The number of amides is 1. The van der Waals surface area contributed by atoms with Crippen LogP contribution in [0.3, 0.4) is 0 Å². The molecule has 1 amide bonds. The Hall–Kier alpha value is -3.02. The van der Waals surface area contributed by atoms with Gasteiger partial charge in [0.25, 0.3) is 5.91 Å². The summed E-state index contributed by atoms with van der Waals surface area (Å²) in [6.45, 7) is 1.55. The lowest BCUT2D eigenvalue weighted by Gasteiger charge is -2.14. The molecule has 0 aliphatic carbocycles. The molecule has 6 nitrogen and oxygen atoms in total. The Morgan fingerprint density at radius 1 is 1.00 bits per heavy atom. The third-order valence-electron chi connectivity index (χ3n) is 3.58. The van der Waals surface area contributed by atoms with E-state index in [9.17, 15) is 9.59 Å². The molecule has 0 unspecified atom stereocenters. The molecule has 0 saturated heterocycles. The van der Waals surface area contributed by atoms with Crippen LogP contribution in [0.1, 0.15) is 28.9 Å². The van der Waals surface area contributed by atoms with Crippen molar-refractivity contribution in [2.24, 2.45) is 0 Å². The Kier molecular flexibility index (Phi) is 6.39. The fourth-order valence-corrected chi connectivity index (χ4v) is 2.22. The molecule has 0 aliphatic rings. The highest BCUT2D eigenvalue weighted by atomic mass is 16.5. The van der Waals surface area contributed by atoms with Gasteiger partial charge in [-0.1, -0.05) is 30.3 Å². The van der Waals surface area contributed by atoms with Crippen molar-refractivity contribution in [2.45, 2.75) is 13.0 Å². The van der Waals surface area contributed by atoms with E-state index in [-0.39, 0.29) is 12.6 Å². The average Bonchev–Trinajstić information content (AvgIpc) is 2.66. The molecule has 0 saturated carbocycles. The van der Waals surface area contributed by atoms with Gasteiger partial charge in [0, 0.05) is 11.6 Å². The van der Waals surface area contributed by atoms with Gasteiger partial charge >= 0.3 is 5.97 Å². The van der Waals surface area contributed by atoms with Crippen molar-refractivity contribution in [1.29, 1.82) is 0 Å². The molecular weight excluding hydrogens is 322 g/mol. The van der Waals surface area contributed by atoms with Gasteiger partial charge in [-0.15, -0.1) is 0 Å². The Morgan fingerprint density at radius 2 is 1.60 bits per heavy atom. The van der Waals surface area contributed by atoms with Crippen LogP contribution in [0.15, 0.2) is 48.5 Å². The van der Waals surface area contributed by atoms with Gasteiger partial charge in [-0.05, 0) is 24.6 Å². The van der Waals surface area contributed by atoms with Crippen LogP contribution in [0.2, 0.25) is 0 Å². The van der Waals surface area contributed by atoms with Crippen LogP contribution < -0.4 is 14.8 Å². The summed E-state index contributed by atoms with van der Waals surface area (Å²) < 4.78 is 15.6. The molecule has 0 heterocycles. The molecule has 0 bridgehead atoms. The van der Waals surface area contributed by atoms with Gasteiger partial charge < -0.3 is 19.5 Å². The molecule has 2 rings (SSSR count). The number of ether oxygens (including phenoxy) is 3. The topological polar surface area (TPSA) is 73.9 Å². The normalized spacial score (nSPS) is 11.3. The van der Waals surface area contributed by atoms with Gasteiger partial charge in [0.1, 0.15) is 24.1 Å². The van der Waals surface area contributed by atoms with E-state index in [1.54, 1.807) is 25.1 Å². The van der Waals surface area contributed by atoms with E-state index in [1.807, 2.05) is 30.3 Å². The third kappa shape index (κ3) is 5.24. The number of carbonyl (C=O) groups is 2. The number of methoxy groups -OCH3 is 2. The summed E-state index contributed by atoms with van der Waals surface area (Å²) in [5.41, 5.74) is 1.22. The number of hydrogen-bond acceptors (Lipinski definition) is 5. The molecular formula is C19H21NO5. The van der Waals surface area contributed by atoms with Crippen molar-refractivity contribution in [3.05, 3.63) is 59.7 Å². The number of esters is 1. The van der Waals surface area contributed by atoms with E-state index < -0.39 is 11.9 Å². The van der Waals surface area contributed by atoms with Crippen LogP contribution in [0.5, 0.6) is 11.5 Å². The molecule has 132 valence electrons. The largest absolute Gasteiger partial charge is 0.497 e. The first-order valence-corrected chi connectivity index (χ1v) is 7.79. The van der Waals surface area contributed by atoms with E-state index in [2.05, 4.69) is 5.32 Å². The highest BCUT2D eigenvalue weighted by Crippen LogP contribution is 2.22. The molecule has 1 N–H and O–H groups in total. The number of rotatable bonds is 7. The Labute approximate surface area is 146 Å². The van der Waals surface area contributed by atoms with Crippen LogP contribution >= 0.6 is 0 Å². The van der Waals surface area contributed by atoms with E-state index in [0.717, 1.165) is 5.56 Å². The lowest BCUT2D eigenvalue weighted by molar-refractivity contribution is -0.147. The summed E-state index contributed by atoms with van der Waals surface area (Å²) in [6.07, 6.45) is -0.387. The van der Waals surface area contributed by atoms with E-state index >= 15 is 0 Å². The second-order valence-electron chi connectivity index (χ2n) is 5.33. The summed E-state index contributed by atoms with van der Waals surface area (Å²) in [6, 6.07) is 14.2. The van der Waals surface area contributed by atoms with Gasteiger partial charge in [0.15, 0.2) is 0 Å². The number of carbonyl (C=O) groups excluding carboxylic acids is 2. The first-order valence-electron chi connectivity index (χ1n) is 7.79. The van der Waals surface area contributed by atoms with Crippen molar-refractivity contribution in [1.82, 2.24) is 5.32 Å². The monoisotopic (exact) mass is 343 g/mol. The van der Waals surface area contributed by atoms with Crippen LogP contribution in [0.25, 0.3) is 0 Å². The highest BCUT2D eigenvalue weighted by molar-refractivity contribution is 5.96. The van der Waals surface area contributed by atoms with E-state index in [1.165, 1.54) is 14.2 Å². The van der Waals surface area contributed by atoms with Crippen LogP contribution in [-0.4, -0.2) is 32.6 Å². The van der Waals surface area contributed by atoms with Gasteiger partial charge in [-0.3, -0.25) is 9.59 Å². The Morgan fingerprint density at radius 3 is 2.16 bits per heavy atom. The summed E-state index contributed by atoms with van der Waals surface area (Å²) in [7, 11) is 3.00.